The van der Waals surface area contributed by atoms with Crippen molar-refractivity contribution in [2.45, 2.75) is 19.4 Å². The van der Waals surface area contributed by atoms with Crippen LogP contribution in [0.3, 0.4) is 0 Å². The van der Waals surface area contributed by atoms with E-state index in [1.54, 1.807) is 6.08 Å². The second kappa shape index (κ2) is 13.8. The highest BCUT2D eigenvalue weighted by Crippen LogP contribution is 2.18. The largest absolute Gasteiger partial charge is 0.491 e. The van der Waals surface area contributed by atoms with Crippen molar-refractivity contribution in [3.05, 3.63) is 52.6 Å². The van der Waals surface area contributed by atoms with Crippen LogP contribution in [0.1, 0.15) is 12.5 Å². The number of ether oxygens (including phenoxy) is 1. The first-order chi connectivity index (χ1) is 13.4. The van der Waals surface area contributed by atoms with E-state index in [1.807, 2.05) is 24.3 Å². The number of aliphatic hydroxyl groups excluding tert-OH is 1. The summed E-state index contributed by atoms with van der Waals surface area (Å²) in [6.07, 6.45) is 1.78. The summed E-state index contributed by atoms with van der Waals surface area (Å²) < 4.78 is 7.17. The van der Waals surface area contributed by atoms with Gasteiger partial charge in [0.15, 0.2) is 0 Å². The molecule has 1 aromatic carbocycles. The molecule has 9 nitrogen and oxygen atoms in total. The SMILES string of the molecule is C=CCc1ccccc1OCC(O)CNCCN(SCCO[N+](=O)[O-])C(C)=O. The number of benzene rings is 1. The minimum Gasteiger partial charge on any atom is -0.491 e. The average molecular weight is 413 g/mol. The number of para-hydroxylation sites is 1. The molecule has 1 unspecified atom stereocenters. The summed E-state index contributed by atoms with van der Waals surface area (Å²) >= 11 is 1.16. The number of hydrogen-bond donors (Lipinski definition) is 2. The summed E-state index contributed by atoms with van der Waals surface area (Å²) in [4.78, 5) is 25.9. The predicted octanol–water partition coefficient (Wildman–Crippen LogP) is 1.45. The Kier molecular flexibility index (Phi) is 11.7. The highest BCUT2D eigenvalue weighted by atomic mass is 32.2. The first-order valence-electron chi connectivity index (χ1n) is 8.82. The second-order valence-corrected chi connectivity index (χ2v) is 6.89. The normalized spacial score (nSPS) is 11.5. The second-order valence-electron chi connectivity index (χ2n) is 5.78. The van der Waals surface area contributed by atoms with Crippen LogP contribution in [0.5, 0.6) is 5.75 Å². The molecule has 10 heteroatoms. The lowest BCUT2D eigenvalue weighted by atomic mass is 10.1. The number of carbonyl (C=O) groups excluding carboxylic acids is 1. The quantitative estimate of drug-likeness (QED) is 0.146. The smallest absolute Gasteiger partial charge is 0.294 e. The minimum atomic E-state index is -0.862. The molecule has 0 saturated carbocycles. The van der Waals surface area contributed by atoms with Crippen molar-refractivity contribution in [2.24, 2.45) is 0 Å². The molecule has 0 aliphatic heterocycles. The van der Waals surface area contributed by atoms with Gasteiger partial charge >= 0.3 is 0 Å². The standard InChI is InChI=1S/C18H27N3O6S/c1-3-6-16-7-4-5-8-18(16)26-14-17(23)13-19-9-10-20(15(2)22)28-12-11-27-21(24)25/h3-5,7-8,17,19,23H,1,6,9-14H2,2H3. The van der Waals surface area contributed by atoms with Gasteiger partial charge in [-0.25, -0.2) is 0 Å². The number of rotatable bonds is 15. The molecule has 0 bridgehead atoms. The molecular weight excluding hydrogens is 386 g/mol. The van der Waals surface area contributed by atoms with Gasteiger partial charge in [-0.1, -0.05) is 24.3 Å². The molecule has 0 aliphatic rings. The van der Waals surface area contributed by atoms with Crippen LogP contribution in [-0.4, -0.2) is 65.1 Å². The number of nitrogens with one attached hydrogen (secondary N) is 1. The van der Waals surface area contributed by atoms with Gasteiger partial charge in [-0.05, 0) is 30.0 Å². The van der Waals surface area contributed by atoms with Crippen LogP contribution in [0, 0.1) is 10.1 Å². The molecule has 156 valence electrons. The van der Waals surface area contributed by atoms with Crippen LogP contribution in [0.25, 0.3) is 0 Å². The maximum Gasteiger partial charge on any atom is 0.294 e. The fraction of sp³-hybridized carbons (Fsp3) is 0.500. The zero-order valence-corrected chi connectivity index (χ0v) is 16.7. The number of carbonyl (C=O) groups is 1. The lowest BCUT2D eigenvalue weighted by molar-refractivity contribution is -0.756. The lowest BCUT2D eigenvalue weighted by Crippen LogP contribution is -2.36. The van der Waals surface area contributed by atoms with Crippen molar-refractivity contribution >= 4 is 17.9 Å². The number of nitrogens with zero attached hydrogens (tertiary/aromatic N) is 2. The van der Waals surface area contributed by atoms with E-state index in [-0.39, 0.29) is 19.1 Å². The number of amides is 1. The van der Waals surface area contributed by atoms with E-state index in [9.17, 15) is 20.0 Å². The van der Waals surface area contributed by atoms with Crippen LogP contribution >= 0.6 is 11.9 Å². The maximum atomic E-state index is 11.6. The lowest BCUT2D eigenvalue weighted by Gasteiger charge is -2.20. The Hall–Kier alpha value is -2.30. The summed E-state index contributed by atoms with van der Waals surface area (Å²) in [5.74, 6) is 0.856. The van der Waals surface area contributed by atoms with E-state index in [2.05, 4.69) is 16.7 Å². The van der Waals surface area contributed by atoms with E-state index < -0.39 is 11.2 Å². The van der Waals surface area contributed by atoms with Gasteiger partial charge in [0.05, 0.1) is 0 Å². The van der Waals surface area contributed by atoms with Gasteiger partial charge in [0.25, 0.3) is 5.09 Å². The third-order valence-electron chi connectivity index (χ3n) is 3.52. The molecular formula is C18H27N3O6S. The van der Waals surface area contributed by atoms with Crippen LogP contribution in [-0.2, 0) is 16.1 Å². The summed E-state index contributed by atoms with van der Waals surface area (Å²) in [5, 5.41) is 22.4. The molecule has 0 fully saturated rings. The summed E-state index contributed by atoms with van der Waals surface area (Å²) in [6, 6.07) is 7.60. The Labute approximate surface area is 168 Å². The fourth-order valence-electron chi connectivity index (χ4n) is 2.24. The van der Waals surface area contributed by atoms with Crippen molar-refractivity contribution in [1.82, 2.24) is 9.62 Å². The molecule has 0 aliphatic carbocycles. The van der Waals surface area contributed by atoms with E-state index >= 15 is 0 Å². The minimum absolute atomic E-state index is 0.0851. The third-order valence-corrected chi connectivity index (χ3v) is 4.62. The first-order valence-corrected chi connectivity index (χ1v) is 9.77. The van der Waals surface area contributed by atoms with Crippen LogP contribution in [0.2, 0.25) is 0 Å². The van der Waals surface area contributed by atoms with E-state index in [1.165, 1.54) is 11.2 Å². The molecule has 1 atom stereocenters. The third kappa shape index (κ3) is 10.1. The summed E-state index contributed by atoms with van der Waals surface area (Å²) in [6.45, 7) is 6.37. The molecule has 1 aromatic rings. The molecule has 0 heterocycles. The molecule has 0 spiro atoms. The van der Waals surface area contributed by atoms with Crippen LogP contribution in [0.15, 0.2) is 36.9 Å². The Balaban J connectivity index is 2.25. The van der Waals surface area contributed by atoms with Gasteiger partial charge in [-0.3, -0.25) is 9.10 Å². The summed E-state index contributed by atoms with van der Waals surface area (Å²) in [5.41, 5.74) is 1.01. The zero-order chi connectivity index (χ0) is 20.8. The van der Waals surface area contributed by atoms with Crippen molar-refractivity contribution in [3.8, 4) is 5.75 Å². The fourth-order valence-corrected chi connectivity index (χ4v) is 3.01. The van der Waals surface area contributed by atoms with Crippen LogP contribution < -0.4 is 10.1 Å². The Bertz CT molecular complexity index is 631. The number of hydrogen-bond acceptors (Lipinski definition) is 8. The van der Waals surface area contributed by atoms with Gasteiger partial charge < -0.3 is 20.0 Å². The zero-order valence-electron chi connectivity index (χ0n) is 15.9. The van der Waals surface area contributed by atoms with E-state index in [0.29, 0.717) is 31.8 Å². The van der Waals surface area contributed by atoms with E-state index in [4.69, 9.17) is 4.74 Å². The molecule has 0 aromatic heterocycles. The Morgan fingerprint density at radius 2 is 2.25 bits per heavy atom. The Morgan fingerprint density at radius 1 is 1.50 bits per heavy atom. The van der Waals surface area contributed by atoms with Crippen LogP contribution in [0.4, 0.5) is 0 Å². The van der Waals surface area contributed by atoms with Crippen molar-refractivity contribution in [1.29, 1.82) is 0 Å². The number of allylic oxidation sites excluding steroid dienone is 1. The van der Waals surface area contributed by atoms with Gasteiger partial charge in [0.2, 0.25) is 5.91 Å². The van der Waals surface area contributed by atoms with E-state index in [0.717, 1.165) is 23.3 Å². The highest BCUT2D eigenvalue weighted by Gasteiger charge is 2.11. The topological polar surface area (TPSA) is 114 Å². The van der Waals surface area contributed by atoms with Gasteiger partial charge in [0, 0.05) is 32.3 Å². The van der Waals surface area contributed by atoms with Gasteiger partial charge in [-0.15, -0.1) is 16.7 Å². The predicted molar refractivity (Wildman–Crippen MR) is 108 cm³/mol. The summed E-state index contributed by atoms with van der Waals surface area (Å²) in [7, 11) is 0. The number of aliphatic hydroxyl groups is 1. The van der Waals surface area contributed by atoms with Crippen molar-refractivity contribution in [2.75, 3.05) is 38.6 Å². The molecule has 0 radical (unpaired) electrons. The monoisotopic (exact) mass is 413 g/mol. The van der Waals surface area contributed by atoms with Crippen molar-refractivity contribution in [3.63, 3.8) is 0 Å². The Morgan fingerprint density at radius 3 is 2.93 bits per heavy atom. The maximum absolute atomic E-state index is 11.6. The average Bonchev–Trinajstić information content (AvgIpc) is 2.65. The molecule has 0 saturated heterocycles. The molecule has 28 heavy (non-hydrogen) atoms. The highest BCUT2D eigenvalue weighted by molar-refractivity contribution is 7.97. The molecule has 2 N–H and O–H groups in total. The van der Waals surface area contributed by atoms with Crippen molar-refractivity contribution < 1.29 is 24.6 Å². The van der Waals surface area contributed by atoms with Gasteiger partial charge in [0.1, 0.15) is 25.1 Å². The molecule has 1 rings (SSSR count). The molecule has 1 amide bonds. The first kappa shape index (κ1) is 23.7. The van der Waals surface area contributed by atoms with Gasteiger partial charge in [-0.2, -0.15) is 0 Å².